The molecular weight excluding hydrogens is 437 g/mol. The van der Waals surface area contributed by atoms with E-state index in [2.05, 4.69) is 15.6 Å². The molecule has 0 saturated carbocycles. The Balaban J connectivity index is 1.51. The van der Waals surface area contributed by atoms with Crippen molar-refractivity contribution >= 4 is 40.3 Å². The van der Waals surface area contributed by atoms with Crippen molar-refractivity contribution in [1.82, 2.24) is 15.2 Å². The molecule has 3 aromatic rings. The molecule has 0 spiro atoms. The van der Waals surface area contributed by atoms with Crippen molar-refractivity contribution in [3.05, 3.63) is 71.1 Å². The van der Waals surface area contributed by atoms with Gasteiger partial charge in [0.1, 0.15) is 18.2 Å². The number of ether oxygens (including phenoxy) is 1. The number of rotatable bonds is 7. The predicted molar refractivity (Wildman–Crippen MR) is 121 cm³/mol. The monoisotopic (exact) mass is 459 g/mol. The van der Waals surface area contributed by atoms with Crippen molar-refractivity contribution in [3.8, 4) is 0 Å². The number of halogens is 2. The summed E-state index contributed by atoms with van der Waals surface area (Å²) in [6.45, 7) is -0.0290. The fourth-order valence-corrected chi connectivity index (χ4v) is 3.14. The molecule has 1 aromatic heterocycles. The number of amides is 3. The Morgan fingerprint density at radius 3 is 2.72 bits per heavy atom. The van der Waals surface area contributed by atoms with Gasteiger partial charge in [0.25, 0.3) is 0 Å². The highest BCUT2D eigenvalue weighted by atomic mass is 35.5. The minimum absolute atomic E-state index is 0.0338. The fraction of sp³-hybridized carbons (Fsp3) is 0.227. The van der Waals surface area contributed by atoms with E-state index in [1.165, 1.54) is 24.1 Å². The number of hydrogen-bond donors (Lipinski definition) is 3. The third kappa shape index (κ3) is 5.83. The number of anilines is 1. The third-order valence-corrected chi connectivity index (χ3v) is 5.29. The molecule has 0 unspecified atom stereocenters. The van der Waals surface area contributed by atoms with Gasteiger partial charge in [-0.05, 0) is 23.1 Å². The Bertz CT molecular complexity index is 1110. The highest BCUT2D eigenvalue weighted by Gasteiger charge is 2.21. The molecule has 32 heavy (non-hydrogen) atoms. The number of fused-ring (bicyclic) bond motifs is 1. The Kier molecular flexibility index (Phi) is 7.80. The second-order valence-corrected chi connectivity index (χ2v) is 7.39. The standard InChI is InChI=1S/C22H23ClFN5O3/c1-29(21(30)27-12-16-7-4-8-18(24)20(16)23)17(10-25)13-32-22(31)28-19-9-14-5-2-3-6-15(14)11-26-19/h2-9,11,17H,10,12-13,25H2,1H3,(H,27,30)(H,26,28,31)/t17-/m0/s1. The van der Waals surface area contributed by atoms with E-state index in [1.54, 1.807) is 18.3 Å². The highest BCUT2D eigenvalue weighted by molar-refractivity contribution is 6.31. The van der Waals surface area contributed by atoms with E-state index in [1.807, 2.05) is 24.3 Å². The molecule has 0 aliphatic carbocycles. The summed E-state index contributed by atoms with van der Waals surface area (Å²) in [5.74, 6) is -0.219. The van der Waals surface area contributed by atoms with Crippen molar-refractivity contribution in [2.75, 3.05) is 25.5 Å². The number of pyridine rings is 1. The molecule has 3 rings (SSSR count). The van der Waals surface area contributed by atoms with Crippen molar-refractivity contribution < 1.29 is 18.7 Å². The van der Waals surface area contributed by atoms with Crippen LogP contribution in [0.3, 0.4) is 0 Å². The maximum atomic E-state index is 13.5. The second kappa shape index (κ2) is 10.7. The van der Waals surface area contributed by atoms with Crippen LogP contribution >= 0.6 is 11.6 Å². The van der Waals surface area contributed by atoms with E-state index in [4.69, 9.17) is 22.1 Å². The van der Waals surface area contributed by atoms with E-state index in [0.29, 0.717) is 11.4 Å². The number of carbonyl (C=O) groups excluding carboxylic acids is 2. The zero-order chi connectivity index (χ0) is 23.1. The molecule has 10 heteroatoms. The van der Waals surface area contributed by atoms with Crippen LogP contribution < -0.4 is 16.4 Å². The Morgan fingerprint density at radius 2 is 1.97 bits per heavy atom. The molecule has 0 aliphatic heterocycles. The average molecular weight is 460 g/mol. The van der Waals surface area contributed by atoms with E-state index in [-0.39, 0.29) is 24.7 Å². The molecule has 0 aliphatic rings. The maximum Gasteiger partial charge on any atom is 0.412 e. The molecular formula is C22H23ClFN5O3. The first-order valence-corrected chi connectivity index (χ1v) is 10.2. The van der Waals surface area contributed by atoms with Crippen molar-refractivity contribution in [3.63, 3.8) is 0 Å². The molecule has 0 bridgehead atoms. The number of nitrogens with zero attached hydrogens (tertiary/aromatic N) is 2. The number of likely N-dealkylation sites (N-methyl/N-ethyl adjacent to an activating group) is 1. The van der Waals surface area contributed by atoms with E-state index in [9.17, 15) is 14.0 Å². The molecule has 2 aromatic carbocycles. The summed E-state index contributed by atoms with van der Waals surface area (Å²) in [7, 11) is 1.52. The van der Waals surface area contributed by atoms with Gasteiger partial charge in [-0.1, -0.05) is 48.0 Å². The Labute approximate surface area is 189 Å². The van der Waals surface area contributed by atoms with Crippen molar-refractivity contribution in [2.45, 2.75) is 12.6 Å². The average Bonchev–Trinajstić information content (AvgIpc) is 2.80. The summed E-state index contributed by atoms with van der Waals surface area (Å²) in [5.41, 5.74) is 6.19. The van der Waals surface area contributed by atoms with Gasteiger partial charge in [-0.3, -0.25) is 5.32 Å². The smallest absolute Gasteiger partial charge is 0.412 e. The molecule has 0 saturated heterocycles. The normalized spacial score (nSPS) is 11.6. The van der Waals surface area contributed by atoms with Gasteiger partial charge in [-0.2, -0.15) is 0 Å². The predicted octanol–water partition coefficient (Wildman–Crippen LogP) is 3.74. The number of hydrogen-bond acceptors (Lipinski definition) is 5. The minimum Gasteiger partial charge on any atom is -0.447 e. The van der Waals surface area contributed by atoms with Gasteiger partial charge in [-0.25, -0.2) is 19.0 Å². The first-order valence-electron chi connectivity index (χ1n) is 9.81. The van der Waals surface area contributed by atoms with Gasteiger partial charge < -0.3 is 20.7 Å². The zero-order valence-electron chi connectivity index (χ0n) is 17.3. The van der Waals surface area contributed by atoms with E-state index >= 15 is 0 Å². The molecule has 168 valence electrons. The summed E-state index contributed by atoms with van der Waals surface area (Å²) in [6, 6.07) is 12.6. The molecule has 0 radical (unpaired) electrons. The van der Waals surface area contributed by atoms with E-state index in [0.717, 1.165) is 10.8 Å². The van der Waals surface area contributed by atoms with Gasteiger partial charge >= 0.3 is 12.1 Å². The van der Waals surface area contributed by atoms with Crippen LogP contribution in [-0.4, -0.2) is 48.2 Å². The lowest BCUT2D eigenvalue weighted by atomic mass is 10.2. The number of carbonyl (C=O) groups is 2. The lowest BCUT2D eigenvalue weighted by molar-refractivity contribution is 0.119. The van der Waals surface area contributed by atoms with Crippen LogP contribution in [0.2, 0.25) is 5.02 Å². The molecule has 0 fully saturated rings. The summed E-state index contributed by atoms with van der Waals surface area (Å²) >= 11 is 5.90. The van der Waals surface area contributed by atoms with Gasteiger partial charge in [0, 0.05) is 31.7 Å². The first-order chi connectivity index (χ1) is 15.4. The number of nitrogens with one attached hydrogen (secondary N) is 2. The van der Waals surface area contributed by atoms with Crippen molar-refractivity contribution in [1.29, 1.82) is 0 Å². The lowest BCUT2D eigenvalue weighted by Crippen LogP contribution is -2.49. The molecule has 1 heterocycles. The lowest BCUT2D eigenvalue weighted by Gasteiger charge is -2.27. The van der Waals surface area contributed by atoms with Crippen LogP contribution in [0, 0.1) is 5.82 Å². The van der Waals surface area contributed by atoms with Gasteiger partial charge in [0.15, 0.2) is 0 Å². The number of benzene rings is 2. The third-order valence-electron chi connectivity index (χ3n) is 4.87. The Hall–Kier alpha value is -3.43. The molecule has 8 nitrogen and oxygen atoms in total. The summed E-state index contributed by atoms with van der Waals surface area (Å²) in [5, 5.41) is 7.02. The SMILES string of the molecule is CN(C(=O)NCc1cccc(F)c1Cl)[C@@H](CN)COC(=O)Nc1cc2ccccc2cn1. The molecule has 3 amide bonds. The maximum absolute atomic E-state index is 13.5. The van der Waals surface area contributed by atoms with Crippen LogP contribution in [0.1, 0.15) is 5.56 Å². The quantitative estimate of drug-likeness (QED) is 0.498. The van der Waals surface area contributed by atoms with Crippen LogP contribution in [0.15, 0.2) is 54.7 Å². The topological polar surface area (TPSA) is 110 Å². The van der Waals surface area contributed by atoms with Crippen molar-refractivity contribution in [2.24, 2.45) is 5.73 Å². The van der Waals surface area contributed by atoms with Gasteiger partial charge in [0.2, 0.25) is 0 Å². The van der Waals surface area contributed by atoms with E-state index < -0.39 is 24.0 Å². The zero-order valence-corrected chi connectivity index (χ0v) is 18.1. The molecule has 4 N–H and O–H groups in total. The van der Waals surface area contributed by atoms with Gasteiger partial charge in [0.05, 0.1) is 11.1 Å². The van der Waals surface area contributed by atoms with Crippen LogP contribution in [0.25, 0.3) is 10.8 Å². The number of urea groups is 1. The summed E-state index contributed by atoms with van der Waals surface area (Å²) in [4.78, 5) is 30.1. The highest BCUT2D eigenvalue weighted by Crippen LogP contribution is 2.19. The first kappa shape index (κ1) is 23.2. The van der Waals surface area contributed by atoms with Crippen LogP contribution in [-0.2, 0) is 11.3 Å². The summed E-state index contributed by atoms with van der Waals surface area (Å²) < 4.78 is 18.7. The number of nitrogens with two attached hydrogens (primary N) is 1. The minimum atomic E-state index is -0.716. The second-order valence-electron chi connectivity index (χ2n) is 7.01. The van der Waals surface area contributed by atoms with Crippen LogP contribution in [0.5, 0.6) is 0 Å². The fourth-order valence-electron chi connectivity index (χ4n) is 2.95. The molecule has 1 atom stereocenters. The Morgan fingerprint density at radius 1 is 1.22 bits per heavy atom. The summed E-state index contributed by atoms with van der Waals surface area (Å²) in [6.07, 6.45) is 0.933. The van der Waals surface area contributed by atoms with Crippen LogP contribution in [0.4, 0.5) is 19.8 Å². The van der Waals surface area contributed by atoms with Gasteiger partial charge in [-0.15, -0.1) is 0 Å². The largest absolute Gasteiger partial charge is 0.447 e. The number of aromatic nitrogens is 1.